The minimum Gasteiger partial charge on any atom is -0.368 e. The summed E-state index contributed by atoms with van der Waals surface area (Å²) in [6, 6.07) is 10.5. The lowest BCUT2D eigenvalue weighted by Crippen LogP contribution is -2.49. The smallest absolute Gasteiger partial charge is 0.368 e. The van der Waals surface area contributed by atoms with E-state index in [1.807, 2.05) is 4.90 Å². The average molecular weight is 583 g/mol. The van der Waals surface area contributed by atoms with Crippen LogP contribution in [-0.2, 0) is 18.9 Å². The monoisotopic (exact) mass is 582 g/mol. The van der Waals surface area contributed by atoms with E-state index < -0.39 is 23.5 Å². The molecule has 214 valence electrons. The Morgan fingerprint density at radius 1 is 0.850 bits per heavy atom. The van der Waals surface area contributed by atoms with E-state index in [9.17, 15) is 31.1 Å². The lowest BCUT2D eigenvalue weighted by Gasteiger charge is -2.36. The molecule has 12 heteroatoms. The van der Waals surface area contributed by atoms with Crippen molar-refractivity contribution in [2.75, 3.05) is 44.2 Å². The SMILES string of the molecule is O=C(c1csc(C2CCN(Cc3ccc(C(F)(F)F)cc3)CC2)n1)N1CCN(c2cccc(C(F)(F)F)c2)CC1. The van der Waals surface area contributed by atoms with E-state index in [-0.39, 0.29) is 11.8 Å². The molecule has 2 aliphatic rings. The second-order valence-electron chi connectivity index (χ2n) is 10.1. The number of hydrogen-bond acceptors (Lipinski definition) is 5. The van der Waals surface area contributed by atoms with Crippen molar-refractivity contribution in [3.05, 3.63) is 81.3 Å². The van der Waals surface area contributed by atoms with Crippen LogP contribution < -0.4 is 4.90 Å². The van der Waals surface area contributed by atoms with Gasteiger partial charge >= 0.3 is 12.4 Å². The first kappa shape index (κ1) is 28.4. The fraction of sp³-hybridized carbons (Fsp3) is 0.429. The van der Waals surface area contributed by atoms with Crippen LogP contribution in [0.3, 0.4) is 0 Å². The molecule has 0 bridgehead atoms. The Bertz CT molecular complexity index is 1310. The molecule has 1 aromatic heterocycles. The Kier molecular flexibility index (Phi) is 8.10. The molecular weight excluding hydrogens is 554 g/mol. The van der Waals surface area contributed by atoms with Crippen molar-refractivity contribution < 1.29 is 31.1 Å². The zero-order chi connectivity index (χ0) is 28.5. The zero-order valence-electron chi connectivity index (χ0n) is 21.5. The summed E-state index contributed by atoms with van der Waals surface area (Å²) in [6.45, 7) is 3.80. The molecule has 2 aliphatic heterocycles. The zero-order valence-corrected chi connectivity index (χ0v) is 22.3. The highest BCUT2D eigenvalue weighted by Crippen LogP contribution is 2.34. The molecule has 5 nitrogen and oxygen atoms in total. The fourth-order valence-corrected chi connectivity index (χ4v) is 6.14. The quantitative estimate of drug-likeness (QED) is 0.321. The van der Waals surface area contributed by atoms with Crippen LogP contribution in [0.15, 0.2) is 53.9 Å². The lowest BCUT2D eigenvalue weighted by atomic mass is 9.97. The van der Waals surface area contributed by atoms with Gasteiger partial charge in [-0.15, -0.1) is 11.3 Å². The van der Waals surface area contributed by atoms with Crippen molar-refractivity contribution in [3.63, 3.8) is 0 Å². The Morgan fingerprint density at radius 2 is 1.50 bits per heavy atom. The van der Waals surface area contributed by atoms with Crippen molar-refractivity contribution in [3.8, 4) is 0 Å². The maximum absolute atomic E-state index is 13.1. The van der Waals surface area contributed by atoms with Gasteiger partial charge in [-0.25, -0.2) is 4.98 Å². The van der Waals surface area contributed by atoms with Gasteiger partial charge in [-0.2, -0.15) is 26.3 Å². The van der Waals surface area contributed by atoms with Crippen LogP contribution in [0.5, 0.6) is 0 Å². The molecule has 2 saturated heterocycles. The maximum atomic E-state index is 13.1. The summed E-state index contributed by atoms with van der Waals surface area (Å²) in [6.07, 6.45) is -7.06. The summed E-state index contributed by atoms with van der Waals surface area (Å²) < 4.78 is 77.6. The van der Waals surface area contributed by atoms with Gasteiger partial charge in [0.1, 0.15) is 5.69 Å². The van der Waals surface area contributed by atoms with Crippen molar-refractivity contribution in [1.82, 2.24) is 14.8 Å². The largest absolute Gasteiger partial charge is 0.416 e. The number of alkyl halides is 6. The molecule has 0 unspecified atom stereocenters. The van der Waals surface area contributed by atoms with Crippen molar-refractivity contribution in [1.29, 1.82) is 0 Å². The van der Waals surface area contributed by atoms with Crippen LogP contribution in [0.2, 0.25) is 0 Å². The third-order valence-electron chi connectivity index (χ3n) is 7.47. The molecule has 3 heterocycles. The number of halogens is 6. The first-order chi connectivity index (χ1) is 19.0. The van der Waals surface area contributed by atoms with Gasteiger partial charge in [-0.05, 0) is 61.8 Å². The number of amides is 1. The number of likely N-dealkylation sites (tertiary alicyclic amines) is 1. The highest BCUT2D eigenvalue weighted by molar-refractivity contribution is 7.09. The normalized spacial score (nSPS) is 17.9. The third kappa shape index (κ3) is 6.60. The van der Waals surface area contributed by atoms with Crippen LogP contribution in [0.25, 0.3) is 0 Å². The van der Waals surface area contributed by atoms with E-state index in [0.29, 0.717) is 44.1 Å². The average Bonchev–Trinajstić information content (AvgIpc) is 3.43. The number of piperazine rings is 1. The number of rotatable bonds is 5. The molecule has 40 heavy (non-hydrogen) atoms. The second-order valence-corrected chi connectivity index (χ2v) is 11.0. The molecule has 5 rings (SSSR count). The standard InChI is InChI=1S/C28H28F6N4OS/c29-27(30,31)21-6-4-19(5-7-21)17-36-10-8-20(9-11-36)25-35-24(18-40-25)26(39)38-14-12-37(13-15-38)23-3-1-2-22(16-23)28(32,33)34/h1-7,16,18,20H,8-15,17H2. The highest BCUT2D eigenvalue weighted by atomic mass is 32.1. The minimum atomic E-state index is -4.40. The number of benzene rings is 2. The fourth-order valence-electron chi connectivity index (χ4n) is 5.18. The molecule has 2 fully saturated rings. The van der Waals surface area contributed by atoms with E-state index in [4.69, 9.17) is 0 Å². The molecule has 3 aromatic rings. The van der Waals surface area contributed by atoms with Gasteiger partial charge in [0.2, 0.25) is 0 Å². The first-order valence-electron chi connectivity index (χ1n) is 13.0. The maximum Gasteiger partial charge on any atom is 0.416 e. The topological polar surface area (TPSA) is 39.7 Å². The first-order valence-corrected chi connectivity index (χ1v) is 13.9. The summed E-state index contributed by atoms with van der Waals surface area (Å²) in [5.74, 6) is 0.0408. The Morgan fingerprint density at radius 3 is 2.12 bits per heavy atom. The van der Waals surface area contributed by atoms with E-state index in [2.05, 4.69) is 9.88 Å². The van der Waals surface area contributed by atoms with Crippen LogP contribution in [0, 0.1) is 0 Å². The molecule has 0 aliphatic carbocycles. The summed E-state index contributed by atoms with van der Waals surface area (Å²) in [7, 11) is 0. The molecule has 2 aromatic carbocycles. The van der Waals surface area contributed by atoms with Gasteiger partial charge in [0.15, 0.2) is 0 Å². The van der Waals surface area contributed by atoms with Gasteiger partial charge in [0, 0.05) is 49.7 Å². The summed E-state index contributed by atoms with van der Waals surface area (Å²) >= 11 is 1.46. The van der Waals surface area contributed by atoms with Crippen molar-refractivity contribution in [2.24, 2.45) is 0 Å². The molecular formula is C28H28F6N4OS. The molecule has 0 atom stereocenters. The Balaban J connectivity index is 1.11. The number of hydrogen-bond donors (Lipinski definition) is 0. The minimum absolute atomic E-state index is 0.175. The van der Waals surface area contributed by atoms with E-state index in [1.165, 1.54) is 29.5 Å². The Labute approximate surface area is 232 Å². The van der Waals surface area contributed by atoms with Crippen LogP contribution in [-0.4, -0.2) is 60.0 Å². The van der Waals surface area contributed by atoms with Crippen LogP contribution in [0.1, 0.15) is 50.9 Å². The second kappa shape index (κ2) is 11.4. The predicted molar refractivity (Wildman–Crippen MR) is 140 cm³/mol. The van der Waals surface area contributed by atoms with E-state index in [1.54, 1.807) is 16.3 Å². The summed E-state index contributed by atoms with van der Waals surface area (Å²) in [5.41, 5.74) is 0.370. The van der Waals surface area contributed by atoms with Gasteiger partial charge in [-0.3, -0.25) is 9.69 Å². The van der Waals surface area contributed by atoms with Crippen molar-refractivity contribution >= 4 is 22.9 Å². The molecule has 0 radical (unpaired) electrons. The molecule has 0 saturated carbocycles. The van der Waals surface area contributed by atoms with E-state index in [0.717, 1.165) is 60.8 Å². The number of carbonyl (C=O) groups excluding carboxylic acids is 1. The number of piperidine rings is 1. The molecule has 0 spiro atoms. The number of aromatic nitrogens is 1. The van der Waals surface area contributed by atoms with Gasteiger partial charge in [0.25, 0.3) is 5.91 Å². The number of nitrogens with zero attached hydrogens (tertiary/aromatic N) is 4. The van der Waals surface area contributed by atoms with Crippen molar-refractivity contribution in [2.45, 2.75) is 37.7 Å². The molecule has 1 amide bonds. The molecule has 0 N–H and O–H groups in total. The predicted octanol–water partition coefficient (Wildman–Crippen LogP) is 6.52. The Hall–Kier alpha value is -3.12. The van der Waals surface area contributed by atoms with Gasteiger partial charge < -0.3 is 9.80 Å². The van der Waals surface area contributed by atoms with Crippen LogP contribution >= 0.6 is 11.3 Å². The van der Waals surface area contributed by atoms with Crippen LogP contribution in [0.4, 0.5) is 32.0 Å². The summed E-state index contributed by atoms with van der Waals surface area (Å²) in [5, 5.41) is 2.67. The number of carbonyl (C=O) groups is 1. The number of thiazole rings is 1. The van der Waals surface area contributed by atoms with Gasteiger partial charge in [0.05, 0.1) is 16.1 Å². The summed E-state index contributed by atoms with van der Waals surface area (Å²) in [4.78, 5) is 23.5. The third-order valence-corrected chi connectivity index (χ3v) is 8.48. The number of anilines is 1. The van der Waals surface area contributed by atoms with Gasteiger partial charge in [-0.1, -0.05) is 18.2 Å². The lowest BCUT2D eigenvalue weighted by molar-refractivity contribution is -0.138. The van der Waals surface area contributed by atoms with E-state index >= 15 is 0 Å². The highest BCUT2D eigenvalue weighted by Gasteiger charge is 2.32.